The smallest absolute Gasteiger partial charge is 0.257 e. The summed E-state index contributed by atoms with van der Waals surface area (Å²) in [6.07, 6.45) is 4.76. The molecule has 7 nitrogen and oxygen atoms in total. The molecule has 3 rings (SSSR count). The molecule has 8 heteroatoms. The Bertz CT molecular complexity index is 628. The standard InChI is InChI=1S/C14H20N2O5S/c1-22(18,19)15-6-13-12-7-16(4-2-10(12)9-21-13)14(17)11-3-5-20-8-11/h3,5,8,10,12-13,15H,2,4,6-7,9H2,1H3/t10-,12-,13+/m1/s1. The van der Waals surface area contributed by atoms with Crippen LogP contribution < -0.4 is 4.72 Å². The highest BCUT2D eigenvalue weighted by atomic mass is 32.2. The van der Waals surface area contributed by atoms with Crippen molar-refractivity contribution in [2.45, 2.75) is 12.5 Å². The van der Waals surface area contributed by atoms with Crippen molar-refractivity contribution >= 4 is 15.9 Å². The minimum Gasteiger partial charge on any atom is -0.472 e. The predicted molar refractivity (Wildman–Crippen MR) is 78.8 cm³/mol. The molecule has 3 heterocycles. The first kappa shape index (κ1) is 15.5. The minimum absolute atomic E-state index is 0.0473. The van der Waals surface area contributed by atoms with Crippen LogP contribution >= 0.6 is 0 Å². The average Bonchev–Trinajstić information content (AvgIpc) is 3.12. The number of rotatable bonds is 4. The maximum Gasteiger partial charge on any atom is 0.257 e. The van der Waals surface area contributed by atoms with E-state index < -0.39 is 10.0 Å². The number of hydrogen-bond acceptors (Lipinski definition) is 5. The highest BCUT2D eigenvalue weighted by Gasteiger charge is 2.42. The zero-order valence-electron chi connectivity index (χ0n) is 12.4. The van der Waals surface area contributed by atoms with E-state index in [2.05, 4.69) is 4.72 Å². The quantitative estimate of drug-likeness (QED) is 0.859. The summed E-state index contributed by atoms with van der Waals surface area (Å²) in [5.74, 6) is 0.507. The first-order valence-electron chi connectivity index (χ1n) is 7.32. The molecule has 0 radical (unpaired) electrons. The maximum atomic E-state index is 12.4. The normalized spacial score (nSPS) is 28.6. The number of carbonyl (C=O) groups excluding carboxylic acids is 1. The molecule has 0 spiro atoms. The van der Waals surface area contributed by atoms with Crippen molar-refractivity contribution in [1.82, 2.24) is 9.62 Å². The molecule has 3 atom stereocenters. The topological polar surface area (TPSA) is 88.9 Å². The zero-order chi connectivity index (χ0) is 15.7. The third-order valence-corrected chi connectivity index (χ3v) is 5.10. The highest BCUT2D eigenvalue weighted by Crippen LogP contribution is 2.34. The van der Waals surface area contributed by atoms with Gasteiger partial charge in [-0.2, -0.15) is 0 Å². The third-order valence-electron chi connectivity index (χ3n) is 4.41. The summed E-state index contributed by atoms with van der Waals surface area (Å²) < 4.78 is 35.7. The predicted octanol–water partition coefficient (Wildman–Crippen LogP) is 0.306. The van der Waals surface area contributed by atoms with Gasteiger partial charge in [0, 0.05) is 25.6 Å². The van der Waals surface area contributed by atoms with E-state index in [-0.39, 0.29) is 24.5 Å². The van der Waals surface area contributed by atoms with Crippen molar-refractivity contribution in [3.63, 3.8) is 0 Å². The molecule has 122 valence electrons. The van der Waals surface area contributed by atoms with Gasteiger partial charge in [0.1, 0.15) is 6.26 Å². The second kappa shape index (κ2) is 6.02. The first-order chi connectivity index (χ1) is 10.4. The van der Waals surface area contributed by atoms with Crippen molar-refractivity contribution in [3.8, 4) is 0 Å². The van der Waals surface area contributed by atoms with E-state index in [0.29, 0.717) is 31.2 Å². The van der Waals surface area contributed by atoms with Gasteiger partial charge in [0.25, 0.3) is 5.91 Å². The van der Waals surface area contributed by atoms with E-state index in [9.17, 15) is 13.2 Å². The molecule has 0 bridgehead atoms. The van der Waals surface area contributed by atoms with E-state index >= 15 is 0 Å². The molecule has 1 aromatic heterocycles. The van der Waals surface area contributed by atoms with Crippen LogP contribution in [0.15, 0.2) is 23.0 Å². The van der Waals surface area contributed by atoms with Gasteiger partial charge in [-0.05, 0) is 18.4 Å². The van der Waals surface area contributed by atoms with Gasteiger partial charge in [-0.25, -0.2) is 13.1 Å². The molecule has 0 aromatic carbocycles. The van der Waals surface area contributed by atoms with E-state index in [0.717, 1.165) is 12.7 Å². The van der Waals surface area contributed by atoms with Crippen LogP contribution in [0.25, 0.3) is 0 Å². The molecular formula is C14H20N2O5S. The van der Waals surface area contributed by atoms with Gasteiger partial charge in [-0.15, -0.1) is 0 Å². The largest absolute Gasteiger partial charge is 0.472 e. The molecule has 2 fully saturated rings. The van der Waals surface area contributed by atoms with E-state index in [1.807, 2.05) is 0 Å². The second-order valence-corrected chi connectivity index (χ2v) is 7.80. The molecule has 2 aliphatic rings. The Balaban J connectivity index is 1.64. The molecule has 0 saturated carbocycles. The summed E-state index contributed by atoms with van der Waals surface area (Å²) in [4.78, 5) is 14.2. The Labute approximate surface area is 129 Å². The monoisotopic (exact) mass is 328 g/mol. The summed E-state index contributed by atoms with van der Waals surface area (Å²) in [5.41, 5.74) is 0.545. The van der Waals surface area contributed by atoms with E-state index in [1.54, 1.807) is 11.0 Å². The molecular weight excluding hydrogens is 308 g/mol. The fourth-order valence-corrected chi connectivity index (χ4v) is 3.69. The number of piperidine rings is 1. The second-order valence-electron chi connectivity index (χ2n) is 5.97. The molecule has 1 amide bonds. The molecule has 0 unspecified atom stereocenters. The van der Waals surface area contributed by atoms with Gasteiger partial charge in [-0.3, -0.25) is 4.79 Å². The number of sulfonamides is 1. The Morgan fingerprint density at radius 2 is 2.32 bits per heavy atom. The number of nitrogens with one attached hydrogen (secondary N) is 1. The van der Waals surface area contributed by atoms with Crippen LogP contribution in [-0.2, 0) is 14.8 Å². The van der Waals surface area contributed by atoms with Crippen LogP contribution in [0, 0.1) is 11.8 Å². The summed E-state index contributed by atoms with van der Waals surface area (Å²) in [6.45, 7) is 2.17. The lowest BCUT2D eigenvalue weighted by Crippen LogP contribution is -2.47. The van der Waals surface area contributed by atoms with Crippen LogP contribution in [-0.4, -0.2) is 57.8 Å². The number of hydrogen-bond donors (Lipinski definition) is 1. The number of furan rings is 1. The number of carbonyl (C=O) groups is 1. The molecule has 1 N–H and O–H groups in total. The molecule has 1 aromatic rings. The molecule has 2 aliphatic heterocycles. The molecule has 0 aliphatic carbocycles. The summed E-state index contributed by atoms with van der Waals surface area (Å²) in [5, 5.41) is 0. The number of likely N-dealkylation sites (tertiary alicyclic amines) is 1. The van der Waals surface area contributed by atoms with Crippen molar-refractivity contribution < 1.29 is 22.4 Å². The molecule has 22 heavy (non-hydrogen) atoms. The Hall–Kier alpha value is -1.38. The Morgan fingerprint density at radius 3 is 3.00 bits per heavy atom. The average molecular weight is 328 g/mol. The summed E-state index contributed by atoms with van der Waals surface area (Å²) in [7, 11) is -3.24. The Kier molecular flexibility index (Phi) is 4.24. The highest BCUT2D eigenvalue weighted by molar-refractivity contribution is 7.88. The Morgan fingerprint density at radius 1 is 1.50 bits per heavy atom. The van der Waals surface area contributed by atoms with Crippen LogP contribution in [0.4, 0.5) is 0 Å². The fourth-order valence-electron chi connectivity index (χ4n) is 3.23. The van der Waals surface area contributed by atoms with Crippen molar-refractivity contribution in [2.24, 2.45) is 11.8 Å². The van der Waals surface area contributed by atoms with Gasteiger partial charge < -0.3 is 14.1 Å². The van der Waals surface area contributed by atoms with Crippen molar-refractivity contribution in [2.75, 3.05) is 32.5 Å². The van der Waals surface area contributed by atoms with Gasteiger partial charge in [0.15, 0.2) is 0 Å². The molecule has 2 saturated heterocycles. The lowest BCUT2D eigenvalue weighted by molar-refractivity contribution is 0.0562. The van der Waals surface area contributed by atoms with Gasteiger partial charge >= 0.3 is 0 Å². The van der Waals surface area contributed by atoms with Gasteiger partial charge in [0.05, 0.1) is 30.8 Å². The lowest BCUT2D eigenvalue weighted by atomic mass is 9.84. The number of ether oxygens (including phenoxy) is 1. The number of nitrogens with zero attached hydrogens (tertiary/aromatic N) is 1. The SMILES string of the molecule is CS(=O)(=O)NC[C@@H]1OC[C@H]2CCN(C(=O)c3ccoc3)C[C@H]21. The summed E-state index contributed by atoms with van der Waals surface area (Å²) in [6, 6.07) is 1.66. The number of fused-ring (bicyclic) bond motifs is 1. The third kappa shape index (κ3) is 3.34. The van der Waals surface area contributed by atoms with Crippen LogP contribution in [0.3, 0.4) is 0 Å². The van der Waals surface area contributed by atoms with Crippen LogP contribution in [0.5, 0.6) is 0 Å². The van der Waals surface area contributed by atoms with E-state index in [1.165, 1.54) is 12.5 Å². The minimum atomic E-state index is -3.24. The van der Waals surface area contributed by atoms with E-state index in [4.69, 9.17) is 9.15 Å². The zero-order valence-corrected chi connectivity index (χ0v) is 13.2. The van der Waals surface area contributed by atoms with Crippen LogP contribution in [0.1, 0.15) is 16.8 Å². The lowest BCUT2D eigenvalue weighted by Gasteiger charge is -2.35. The van der Waals surface area contributed by atoms with Crippen molar-refractivity contribution in [1.29, 1.82) is 0 Å². The fraction of sp³-hybridized carbons (Fsp3) is 0.643. The summed E-state index contributed by atoms with van der Waals surface area (Å²) >= 11 is 0. The maximum absolute atomic E-state index is 12.4. The van der Waals surface area contributed by atoms with Crippen molar-refractivity contribution in [3.05, 3.63) is 24.2 Å². The number of amides is 1. The van der Waals surface area contributed by atoms with Crippen LogP contribution in [0.2, 0.25) is 0 Å². The first-order valence-corrected chi connectivity index (χ1v) is 9.21. The van der Waals surface area contributed by atoms with Gasteiger partial charge in [-0.1, -0.05) is 0 Å². The van der Waals surface area contributed by atoms with Gasteiger partial charge in [0.2, 0.25) is 10.0 Å².